The van der Waals surface area contributed by atoms with Gasteiger partial charge in [0.15, 0.2) is 17.4 Å². The molecule has 4 fully saturated rings. The maximum absolute atomic E-state index is 15.7. The first-order chi connectivity index (χ1) is 20.4. The van der Waals surface area contributed by atoms with Crippen molar-refractivity contribution < 1.29 is 32.9 Å². The van der Waals surface area contributed by atoms with Gasteiger partial charge < -0.3 is 24.2 Å². The Bertz CT molecular complexity index is 1460. The SMILES string of the molecule is C=C1CN2[C@H](CO)CC[C@@]2(COc2nc(N3CC4CCC(C3)N4C(=O)OC(C)(C)C)c3c(OC)c(F)c(Br)c(F)c3n2)C1. The summed E-state index contributed by atoms with van der Waals surface area (Å²) in [6.45, 7) is 11.4. The number of anilines is 1. The number of piperazine rings is 1. The molecule has 0 spiro atoms. The number of carbonyl (C=O) groups is 1. The summed E-state index contributed by atoms with van der Waals surface area (Å²) in [6.07, 6.45) is 3.54. The van der Waals surface area contributed by atoms with Crippen LogP contribution in [-0.4, -0.2) is 100 Å². The lowest BCUT2D eigenvalue weighted by Crippen LogP contribution is -2.57. The van der Waals surface area contributed by atoms with Crippen molar-refractivity contribution in [1.82, 2.24) is 19.8 Å². The molecule has 5 heterocycles. The van der Waals surface area contributed by atoms with Gasteiger partial charge in [0.2, 0.25) is 0 Å². The number of carbonyl (C=O) groups excluding carboxylic acids is 1. The normalized spacial score (nSPS) is 27.3. The molecule has 1 N–H and O–H groups in total. The molecule has 13 heteroatoms. The van der Waals surface area contributed by atoms with E-state index in [0.717, 1.165) is 37.7 Å². The van der Waals surface area contributed by atoms with Gasteiger partial charge in [0.25, 0.3) is 0 Å². The highest BCUT2D eigenvalue weighted by molar-refractivity contribution is 9.10. The number of hydrogen-bond donors (Lipinski definition) is 1. The molecule has 4 aliphatic rings. The molecular weight excluding hydrogens is 628 g/mol. The van der Waals surface area contributed by atoms with E-state index in [9.17, 15) is 9.90 Å². The second kappa shape index (κ2) is 11.0. The Hall–Kier alpha value is -2.77. The van der Waals surface area contributed by atoms with Crippen LogP contribution in [0.3, 0.4) is 0 Å². The molecule has 2 aromatic rings. The number of fused-ring (bicyclic) bond motifs is 4. The van der Waals surface area contributed by atoms with E-state index < -0.39 is 17.2 Å². The largest absolute Gasteiger partial charge is 0.493 e. The molecule has 0 aliphatic carbocycles. The van der Waals surface area contributed by atoms with E-state index in [-0.39, 0.29) is 75.9 Å². The smallest absolute Gasteiger partial charge is 0.410 e. The summed E-state index contributed by atoms with van der Waals surface area (Å²) < 4.78 is 48.0. The summed E-state index contributed by atoms with van der Waals surface area (Å²) in [5, 5.41) is 10.0. The van der Waals surface area contributed by atoms with Gasteiger partial charge in [0, 0.05) is 25.7 Å². The number of nitrogens with zero attached hydrogens (tertiary/aromatic N) is 5. The molecule has 2 bridgehead atoms. The number of aliphatic hydroxyl groups is 1. The number of amides is 1. The zero-order valence-corrected chi connectivity index (χ0v) is 26.5. The van der Waals surface area contributed by atoms with Gasteiger partial charge in [-0.3, -0.25) is 9.80 Å². The van der Waals surface area contributed by atoms with E-state index in [1.54, 1.807) is 4.90 Å². The highest BCUT2D eigenvalue weighted by Gasteiger charge is 2.51. The minimum atomic E-state index is -0.888. The van der Waals surface area contributed by atoms with Gasteiger partial charge >= 0.3 is 12.1 Å². The van der Waals surface area contributed by atoms with Crippen LogP contribution in [0.4, 0.5) is 19.4 Å². The number of methoxy groups -OCH3 is 1. The van der Waals surface area contributed by atoms with E-state index in [2.05, 4.69) is 32.4 Å². The van der Waals surface area contributed by atoms with Gasteiger partial charge in [-0.15, -0.1) is 0 Å². The van der Waals surface area contributed by atoms with Crippen molar-refractivity contribution in [2.24, 2.45) is 0 Å². The highest BCUT2D eigenvalue weighted by atomic mass is 79.9. The molecule has 4 aliphatic heterocycles. The Morgan fingerprint density at radius 2 is 1.86 bits per heavy atom. The number of halogens is 3. The standard InChI is InChI=1S/C30H38BrF2N5O5/c1-16-10-30(9-8-19(14-39)37(30)11-16)15-42-27-34-24-20(25(41-5)23(33)21(31)22(24)32)26(35-27)36-12-17-6-7-18(13-36)38(17)28(40)43-29(2,3)4/h17-19,39H,1,6-15H2,2-5H3/t17?,18?,19-,30-/m0/s1. The molecule has 1 amide bonds. The molecule has 1 aromatic carbocycles. The van der Waals surface area contributed by atoms with Crippen LogP contribution >= 0.6 is 15.9 Å². The van der Waals surface area contributed by atoms with E-state index in [1.165, 1.54) is 7.11 Å². The monoisotopic (exact) mass is 665 g/mol. The van der Waals surface area contributed by atoms with Crippen LogP contribution in [0, 0.1) is 11.6 Å². The number of aromatic nitrogens is 2. The second-order valence-electron chi connectivity index (χ2n) is 13.1. The summed E-state index contributed by atoms with van der Waals surface area (Å²) >= 11 is 3.02. The van der Waals surface area contributed by atoms with Gasteiger partial charge in [0.1, 0.15) is 23.5 Å². The maximum Gasteiger partial charge on any atom is 0.410 e. The number of rotatable bonds is 6. The summed E-state index contributed by atoms with van der Waals surface area (Å²) in [5.74, 6) is -1.66. The third kappa shape index (κ3) is 5.20. The topological polar surface area (TPSA) is 100 Å². The Morgan fingerprint density at radius 3 is 2.49 bits per heavy atom. The minimum Gasteiger partial charge on any atom is -0.493 e. The van der Waals surface area contributed by atoms with Crippen LogP contribution in [0.1, 0.15) is 52.9 Å². The molecule has 0 saturated carbocycles. The summed E-state index contributed by atoms with van der Waals surface area (Å²) in [6, 6.07) is -0.341. The Balaban J connectivity index is 1.37. The fourth-order valence-electron chi connectivity index (χ4n) is 7.35. The summed E-state index contributed by atoms with van der Waals surface area (Å²) in [4.78, 5) is 28.2. The average molecular weight is 667 g/mol. The molecule has 234 valence electrons. The van der Waals surface area contributed by atoms with Gasteiger partial charge in [-0.1, -0.05) is 12.2 Å². The van der Waals surface area contributed by atoms with Crippen molar-refractivity contribution in [1.29, 1.82) is 0 Å². The second-order valence-corrected chi connectivity index (χ2v) is 13.9. The molecule has 2 unspecified atom stereocenters. The molecule has 4 atom stereocenters. The fourth-order valence-corrected chi connectivity index (χ4v) is 7.71. The lowest BCUT2D eigenvalue weighted by molar-refractivity contribution is 0.0122. The lowest BCUT2D eigenvalue weighted by Gasteiger charge is -2.42. The first-order valence-corrected chi connectivity index (χ1v) is 15.5. The molecule has 10 nitrogen and oxygen atoms in total. The van der Waals surface area contributed by atoms with E-state index in [4.69, 9.17) is 19.2 Å². The first kappa shape index (κ1) is 30.3. The van der Waals surface area contributed by atoms with Crippen LogP contribution in [0.15, 0.2) is 16.6 Å². The van der Waals surface area contributed by atoms with Crippen LogP contribution in [-0.2, 0) is 4.74 Å². The van der Waals surface area contributed by atoms with Crippen molar-refractivity contribution in [2.75, 3.05) is 44.9 Å². The van der Waals surface area contributed by atoms with E-state index >= 15 is 8.78 Å². The number of benzene rings is 1. The number of hydrogen-bond acceptors (Lipinski definition) is 9. The van der Waals surface area contributed by atoms with Crippen LogP contribution < -0.4 is 14.4 Å². The zero-order chi connectivity index (χ0) is 30.8. The van der Waals surface area contributed by atoms with Gasteiger partial charge in [-0.05, 0) is 68.8 Å². The number of aliphatic hydroxyl groups excluding tert-OH is 1. The predicted octanol–water partition coefficient (Wildman–Crippen LogP) is 4.80. The highest BCUT2D eigenvalue weighted by Crippen LogP contribution is 2.46. The molecule has 4 saturated heterocycles. The van der Waals surface area contributed by atoms with Crippen molar-refractivity contribution in [2.45, 2.75) is 82.1 Å². The first-order valence-electron chi connectivity index (χ1n) is 14.7. The van der Waals surface area contributed by atoms with Crippen molar-refractivity contribution >= 4 is 38.7 Å². The summed E-state index contributed by atoms with van der Waals surface area (Å²) in [7, 11) is 1.32. The third-order valence-corrected chi connectivity index (χ3v) is 9.82. The van der Waals surface area contributed by atoms with E-state index in [1.807, 2.05) is 25.7 Å². The molecule has 0 radical (unpaired) electrons. The third-order valence-electron chi connectivity index (χ3n) is 9.13. The molecule has 6 rings (SSSR count). The van der Waals surface area contributed by atoms with Crippen LogP contribution in [0.2, 0.25) is 0 Å². The molecular formula is C30H38BrF2N5O5. The van der Waals surface area contributed by atoms with Crippen LogP contribution in [0.25, 0.3) is 10.9 Å². The average Bonchev–Trinajstić information content (AvgIpc) is 3.55. The Kier molecular flexibility index (Phi) is 7.73. The molecule has 1 aromatic heterocycles. The van der Waals surface area contributed by atoms with Crippen molar-refractivity contribution in [3.8, 4) is 11.8 Å². The zero-order valence-electron chi connectivity index (χ0n) is 25.0. The van der Waals surface area contributed by atoms with Gasteiger partial charge in [-0.2, -0.15) is 9.97 Å². The van der Waals surface area contributed by atoms with Gasteiger partial charge in [0.05, 0.1) is 41.2 Å². The predicted molar refractivity (Wildman–Crippen MR) is 160 cm³/mol. The van der Waals surface area contributed by atoms with Crippen LogP contribution in [0.5, 0.6) is 11.8 Å². The Morgan fingerprint density at radius 1 is 1.16 bits per heavy atom. The maximum atomic E-state index is 15.7. The van der Waals surface area contributed by atoms with Crippen molar-refractivity contribution in [3.63, 3.8) is 0 Å². The van der Waals surface area contributed by atoms with Gasteiger partial charge in [-0.25, -0.2) is 13.6 Å². The quantitative estimate of drug-likeness (QED) is 0.344. The minimum absolute atomic E-state index is 0.0216. The number of ether oxygens (including phenoxy) is 3. The van der Waals surface area contributed by atoms with Crippen molar-refractivity contribution in [3.05, 3.63) is 28.3 Å². The van der Waals surface area contributed by atoms with E-state index in [0.29, 0.717) is 19.6 Å². The Labute approximate surface area is 258 Å². The lowest BCUT2D eigenvalue weighted by atomic mass is 9.94. The molecule has 43 heavy (non-hydrogen) atoms. The fraction of sp³-hybridized carbons (Fsp3) is 0.633. The summed E-state index contributed by atoms with van der Waals surface area (Å²) in [5.41, 5.74) is -0.0522.